The van der Waals surface area contributed by atoms with Gasteiger partial charge >= 0.3 is 0 Å². The molecule has 8 nitrogen and oxygen atoms in total. The number of aldehydes is 1. The minimum Gasteiger partial charge on any atom is -0.382 e. The molecule has 0 aliphatic rings. The Labute approximate surface area is 202 Å². The van der Waals surface area contributed by atoms with Crippen molar-refractivity contribution < 1.29 is 19.1 Å². The number of aromatic nitrogens is 2. The smallest absolute Gasteiger partial charge is 0.253 e. The summed E-state index contributed by atoms with van der Waals surface area (Å²) >= 11 is 1.24. The van der Waals surface area contributed by atoms with Crippen LogP contribution in [-0.2, 0) is 15.1 Å². The van der Waals surface area contributed by atoms with Crippen molar-refractivity contribution >= 4 is 40.6 Å². The molecule has 2 amide bonds. The number of carbonyl (C=O) groups excluding carboxylic acids is 3. The molecule has 0 unspecified atom stereocenters. The van der Waals surface area contributed by atoms with Gasteiger partial charge in [0.25, 0.3) is 11.8 Å². The van der Waals surface area contributed by atoms with Crippen LogP contribution in [-0.4, -0.2) is 47.4 Å². The number of methoxy groups -OCH3 is 1. The Hall–Kier alpha value is -3.56. The van der Waals surface area contributed by atoms with Gasteiger partial charge in [-0.3, -0.25) is 14.4 Å². The SMILES string of the molecule is C=Cc1ccc(-c2csc(NC(=O)[C@H](COC)NC(=O)c3ccn(C(C)(C)C)c3)n2)cc1C=O. The molecule has 34 heavy (non-hydrogen) atoms. The number of rotatable bonds is 9. The highest BCUT2D eigenvalue weighted by atomic mass is 32.1. The fourth-order valence-corrected chi connectivity index (χ4v) is 3.94. The zero-order valence-corrected chi connectivity index (χ0v) is 20.4. The molecule has 178 valence electrons. The minimum atomic E-state index is -0.906. The number of hydrogen-bond acceptors (Lipinski definition) is 6. The van der Waals surface area contributed by atoms with E-state index in [-0.39, 0.29) is 18.1 Å². The van der Waals surface area contributed by atoms with E-state index in [9.17, 15) is 14.4 Å². The lowest BCUT2D eigenvalue weighted by molar-refractivity contribution is -0.119. The topological polar surface area (TPSA) is 102 Å². The predicted octanol–water partition coefficient (Wildman–Crippen LogP) is 4.21. The first-order chi connectivity index (χ1) is 16.2. The molecule has 0 radical (unpaired) electrons. The number of ether oxygens (including phenoxy) is 1. The average Bonchev–Trinajstić information content (AvgIpc) is 3.48. The monoisotopic (exact) mass is 480 g/mol. The molecule has 1 atom stereocenters. The van der Waals surface area contributed by atoms with Crippen LogP contribution in [0.4, 0.5) is 5.13 Å². The zero-order chi connectivity index (χ0) is 24.9. The van der Waals surface area contributed by atoms with Gasteiger partial charge < -0.3 is 19.9 Å². The summed E-state index contributed by atoms with van der Waals surface area (Å²) < 4.78 is 7.07. The van der Waals surface area contributed by atoms with Crippen molar-refractivity contribution in [3.8, 4) is 11.3 Å². The van der Waals surface area contributed by atoms with E-state index < -0.39 is 11.9 Å². The minimum absolute atomic E-state index is 0.00148. The number of hydrogen-bond donors (Lipinski definition) is 2. The van der Waals surface area contributed by atoms with E-state index >= 15 is 0 Å². The van der Waals surface area contributed by atoms with E-state index in [1.165, 1.54) is 18.4 Å². The molecular weight excluding hydrogens is 452 g/mol. The first kappa shape index (κ1) is 25.1. The van der Waals surface area contributed by atoms with Gasteiger partial charge in [-0.1, -0.05) is 24.8 Å². The van der Waals surface area contributed by atoms with Crippen molar-refractivity contribution in [1.82, 2.24) is 14.9 Å². The van der Waals surface area contributed by atoms with Crippen molar-refractivity contribution in [2.45, 2.75) is 32.4 Å². The summed E-state index contributed by atoms with van der Waals surface area (Å²) in [5.41, 5.74) is 2.90. The number of amides is 2. The third-order valence-electron chi connectivity index (χ3n) is 5.15. The van der Waals surface area contributed by atoms with Gasteiger partial charge in [0.05, 0.1) is 17.9 Å². The number of nitrogens with one attached hydrogen (secondary N) is 2. The summed E-state index contributed by atoms with van der Waals surface area (Å²) in [7, 11) is 1.46. The van der Waals surface area contributed by atoms with Gasteiger partial charge in [0.1, 0.15) is 6.04 Å². The highest BCUT2D eigenvalue weighted by Gasteiger charge is 2.24. The summed E-state index contributed by atoms with van der Waals surface area (Å²) in [6.45, 7) is 9.80. The van der Waals surface area contributed by atoms with E-state index in [1.54, 1.807) is 35.9 Å². The molecule has 2 aromatic heterocycles. The van der Waals surface area contributed by atoms with Gasteiger partial charge in [0, 0.05) is 41.5 Å². The number of carbonyl (C=O) groups is 3. The fourth-order valence-electron chi connectivity index (χ4n) is 3.22. The van der Waals surface area contributed by atoms with Gasteiger partial charge in [-0.25, -0.2) is 4.98 Å². The molecule has 0 saturated heterocycles. The third kappa shape index (κ3) is 5.86. The Morgan fingerprint density at radius 3 is 2.65 bits per heavy atom. The van der Waals surface area contributed by atoms with E-state index in [1.807, 2.05) is 37.6 Å². The maximum Gasteiger partial charge on any atom is 0.253 e. The second-order valence-corrected chi connectivity index (χ2v) is 9.51. The first-order valence-electron chi connectivity index (χ1n) is 10.6. The Balaban J connectivity index is 1.71. The summed E-state index contributed by atoms with van der Waals surface area (Å²) in [4.78, 5) is 41.4. The molecule has 0 aliphatic carbocycles. The van der Waals surface area contributed by atoms with Crippen molar-refractivity contribution in [2.24, 2.45) is 0 Å². The Morgan fingerprint density at radius 1 is 1.26 bits per heavy atom. The standard InChI is InChI=1S/C25H28N4O4S/c1-6-16-7-8-17(11-19(16)13-30)21-15-34-24(27-21)28-23(32)20(14-33-5)26-22(31)18-9-10-29(12-18)25(2,3)4/h6-13,15,20H,1,14H2,2-5H3,(H,26,31)(H,27,28,32)/t20-/m0/s1. The number of anilines is 1. The second-order valence-electron chi connectivity index (χ2n) is 8.65. The molecule has 2 N–H and O–H groups in total. The van der Waals surface area contributed by atoms with Gasteiger partial charge in [0.2, 0.25) is 0 Å². The molecular formula is C25H28N4O4S. The summed E-state index contributed by atoms with van der Waals surface area (Å²) in [5.74, 6) is -0.814. The average molecular weight is 481 g/mol. The van der Waals surface area contributed by atoms with Gasteiger partial charge in [-0.15, -0.1) is 11.3 Å². The lowest BCUT2D eigenvalue weighted by atomic mass is 10.0. The summed E-state index contributed by atoms with van der Waals surface area (Å²) in [6.07, 6.45) is 5.95. The van der Waals surface area contributed by atoms with Gasteiger partial charge in [0.15, 0.2) is 11.4 Å². The maximum absolute atomic E-state index is 12.9. The van der Waals surface area contributed by atoms with Crippen LogP contribution in [0.1, 0.15) is 47.1 Å². The molecule has 0 aliphatic heterocycles. The van der Waals surface area contributed by atoms with Crippen LogP contribution in [0, 0.1) is 0 Å². The Bertz CT molecular complexity index is 1210. The lowest BCUT2D eigenvalue weighted by Gasteiger charge is -2.21. The van der Waals surface area contributed by atoms with Crippen LogP contribution in [0.3, 0.4) is 0 Å². The fraction of sp³-hybridized carbons (Fsp3) is 0.280. The molecule has 0 saturated carbocycles. The van der Waals surface area contributed by atoms with E-state index in [0.29, 0.717) is 22.0 Å². The van der Waals surface area contributed by atoms with Gasteiger partial charge in [-0.05, 0) is 38.5 Å². The molecule has 0 fully saturated rings. The molecule has 2 heterocycles. The molecule has 1 aromatic carbocycles. The third-order valence-corrected chi connectivity index (χ3v) is 5.91. The number of benzene rings is 1. The van der Waals surface area contributed by atoms with Crippen LogP contribution in [0.25, 0.3) is 17.3 Å². The summed E-state index contributed by atoms with van der Waals surface area (Å²) in [6, 6.07) is 6.16. The lowest BCUT2D eigenvalue weighted by Crippen LogP contribution is -2.46. The van der Waals surface area contributed by atoms with Crippen LogP contribution >= 0.6 is 11.3 Å². The quantitative estimate of drug-likeness (QED) is 0.447. The maximum atomic E-state index is 12.9. The van der Waals surface area contributed by atoms with Crippen molar-refractivity contribution in [3.05, 3.63) is 65.3 Å². The summed E-state index contributed by atoms with van der Waals surface area (Å²) in [5, 5.41) is 7.62. The largest absolute Gasteiger partial charge is 0.382 e. The zero-order valence-electron chi connectivity index (χ0n) is 19.6. The molecule has 0 bridgehead atoms. The second kappa shape index (κ2) is 10.6. The Kier molecular flexibility index (Phi) is 7.80. The number of thiazole rings is 1. The van der Waals surface area contributed by atoms with Crippen molar-refractivity contribution in [3.63, 3.8) is 0 Å². The number of nitrogens with zero attached hydrogens (tertiary/aromatic N) is 2. The van der Waals surface area contributed by atoms with Crippen molar-refractivity contribution in [1.29, 1.82) is 0 Å². The van der Waals surface area contributed by atoms with Crippen LogP contribution in [0.15, 0.2) is 48.6 Å². The molecule has 3 rings (SSSR count). The molecule has 0 spiro atoms. The Morgan fingerprint density at radius 2 is 2.03 bits per heavy atom. The van der Waals surface area contributed by atoms with Gasteiger partial charge in [-0.2, -0.15) is 0 Å². The van der Waals surface area contributed by atoms with Crippen LogP contribution in [0.5, 0.6) is 0 Å². The van der Waals surface area contributed by atoms with Crippen LogP contribution in [0.2, 0.25) is 0 Å². The highest BCUT2D eigenvalue weighted by Crippen LogP contribution is 2.27. The van der Waals surface area contributed by atoms with Crippen LogP contribution < -0.4 is 10.6 Å². The van der Waals surface area contributed by atoms with Crippen molar-refractivity contribution in [2.75, 3.05) is 19.0 Å². The normalized spacial score (nSPS) is 12.1. The van der Waals surface area contributed by atoms with E-state index in [2.05, 4.69) is 22.2 Å². The first-order valence-corrected chi connectivity index (χ1v) is 11.5. The molecule has 3 aromatic rings. The highest BCUT2D eigenvalue weighted by molar-refractivity contribution is 7.14. The molecule has 9 heteroatoms. The van der Waals surface area contributed by atoms with E-state index in [4.69, 9.17) is 4.74 Å². The van der Waals surface area contributed by atoms with E-state index in [0.717, 1.165) is 17.4 Å². The predicted molar refractivity (Wildman–Crippen MR) is 134 cm³/mol.